The third kappa shape index (κ3) is 2.38. The lowest BCUT2D eigenvalue weighted by Gasteiger charge is -2.18. The first-order valence-electron chi connectivity index (χ1n) is 5.93. The Labute approximate surface area is 105 Å². The molecule has 6 nitrogen and oxygen atoms in total. The average molecular weight is 251 g/mol. The van der Waals surface area contributed by atoms with Gasteiger partial charge in [0.2, 0.25) is 0 Å². The summed E-state index contributed by atoms with van der Waals surface area (Å²) in [6, 6.07) is 4.96. The Kier molecular flexibility index (Phi) is 3.66. The summed E-state index contributed by atoms with van der Waals surface area (Å²) in [4.78, 5) is 12.8. The van der Waals surface area contributed by atoms with E-state index in [9.17, 15) is 10.1 Å². The normalized spacial score (nSPS) is 19.0. The van der Waals surface area contributed by atoms with E-state index in [-0.39, 0.29) is 10.6 Å². The summed E-state index contributed by atoms with van der Waals surface area (Å²) in [5.41, 5.74) is 6.38. The highest BCUT2D eigenvalue weighted by atomic mass is 16.6. The number of nitro benzene ring substituents is 1. The molecule has 0 bridgehead atoms. The second-order valence-electron chi connectivity index (χ2n) is 4.45. The number of hydrogen-bond donors (Lipinski definition) is 1. The lowest BCUT2D eigenvalue weighted by molar-refractivity contribution is -0.384. The zero-order chi connectivity index (χ0) is 13.1. The van der Waals surface area contributed by atoms with E-state index < -0.39 is 0 Å². The van der Waals surface area contributed by atoms with Crippen LogP contribution in [0.3, 0.4) is 0 Å². The highest BCUT2D eigenvalue weighted by Gasteiger charge is 2.27. The summed E-state index contributed by atoms with van der Waals surface area (Å²) >= 11 is 0. The number of nitrogens with zero attached hydrogens (tertiary/aromatic N) is 2. The molecule has 1 aliphatic heterocycles. The molecule has 98 valence electrons. The summed E-state index contributed by atoms with van der Waals surface area (Å²) in [6.07, 6.45) is 0.986. The van der Waals surface area contributed by atoms with Crippen molar-refractivity contribution in [1.82, 2.24) is 0 Å². The smallest absolute Gasteiger partial charge is 0.296 e. The minimum absolute atomic E-state index is 0.0898. The first-order chi connectivity index (χ1) is 8.65. The van der Waals surface area contributed by atoms with Gasteiger partial charge in [-0.15, -0.1) is 0 Å². The summed E-state index contributed by atoms with van der Waals surface area (Å²) in [7, 11) is 1.50. The van der Waals surface area contributed by atoms with Crippen LogP contribution < -0.4 is 15.4 Å². The predicted octanol–water partition coefficient (Wildman–Crippen LogP) is 1.39. The standard InChI is InChI=1S/C12H17N3O3/c1-18-10-2-3-11(12(6-10)15(16)17)14-5-4-9(7-13)8-14/h2-3,6,9H,4-5,7-8,13H2,1H3. The molecule has 0 aliphatic carbocycles. The molecule has 2 rings (SSSR count). The number of rotatable bonds is 4. The fourth-order valence-corrected chi connectivity index (χ4v) is 2.29. The molecule has 1 aromatic carbocycles. The van der Waals surface area contributed by atoms with Crippen molar-refractivity contribution >= 4 is 11.4 Å². The number of methoxy groups -OCH3 is 1. The van der Waals surface area contributed by atoms with E-state index >= 15 is 0 Å². The largest absolute Gasteiger partial charge is 0.496 e. The van der Waals surface area contributed by atoms with Gasteiger partial charge in [-0.3, -0.25) is 10.1 Å². The third-order valence-corrected chi connectivity index (χ3v) is 3.34. The molecule has 1 atom stereocenters. The molecule has 1 heterocycles. The van der Waals surface area contributed by atoms with Crippen molar-refractivity contribution in [3.05, 3.63) is 28.3 Å². The van der Waals surface area contributed by atoms with Crippen LogP contribution in [0.1, 0.15) is 6.42 Å². The molecule has 0 saturated carbocycles. The van der Waals surface area contributed by atoms with Crippen molar-refractivity contribution in [3.8, 4) is 5.75 Å². The van der Waals surface area contributed by atoms with Gasteiger partial charge in [0.1, 0.15) is 11.4 Å². The van der Waals surface area contributed by atoms with E-state index in [0.717, 1.165) is 19.5 Å². The molecule has 1 fully saturated rings. The van der Waals surface area contributed by atoms with Crippen LogP contribution in [0.25, 0.3) is 0 Å². The van der Waals surface area contributed by atoms with Gasteiger partial charge in [0.25, 0.3) is 5.69 Å². The number of nitro groups is 1. The van der Waals surface area contributed by atoms with Crippen molar-refractivity contribution in [2.45, 2.75) is 6.42 Å². The van der Waals surface area contributed by atoms with Gasteiger partial charge in [0.15, 0.2) is 0 Å². The van der Waals surface area contributed by atoms with E-state index in [1.54, 1.807) is 12.1 Å². The van der Waals surface area contributed by atoms with Crippen LogP contribution in [0, 0.1) is 16.0 Å². The van der Waals surface area contributed by atoms with Crippen molar-refractivity contribution in [2.75, 3.05) is 31.6 Å². The molecular formula is C12H17N3O3. The molecular weight excluding hydrogens is 234 g/mol. The third-order valence-electron chi connectivity index (χ3n) is 3.34. The number of anilines is 1. The quantitative estimate of drug-likeness (QED) is 0.646. The van der Waals surface area contributed by atoms with Gasteiger partial charge in [0.05, 0.1) is 18.1 Å². The number of ether oxygens (including phenoxy) is 1. The topological polar surface area (TPSA) is 81.6 Å². The zero-order valence-corrected chi connectivity index (χ0v) is 10.3. The summed E-state index contributed by atoms with van der Waals surface area (Å²) in [5.74, 6) is 0.923. The fourth-order valence-electron chi connectivity index (χ4n) is 2.29. The highest BCUT2D eigenvalue weighted by molar-refractivity contribution is 5.66. The second-order valence-corrected chi connectivity index (χ2v) is 4.45. The van der Waals surface area contributed by atoms with Crippen LogP contribution in [0.5, 0.6) is 5.75 Å². The first kappa shape index (κ1) is 12.6. The molecule has 1 aromatic rings. The molecule has 0 amide bonds. The Morgan fingerprint density at radius 2 is 2.39 bits per heavy atom. The summed E-state index contributed by atoms with van der Waals surface area (Å²) in [5, 5.41) is 11.1. The van der Waals surface area contributed by atoms with Crippen molar-refractivity contribution in [1.29, 1.82) is 0 Å². The molecule has 1 aliphatic rings. The van der Waals surface area contributed by atoms with Crippen LogP contribution in [0.15, 0.2) is 18.2 Å². The van der Waals surface area contributed by atoms with Crippen molar-refractivity contribution in [3.63, 3.8) is 0 Å². The van der Waals surface area contributed by atoms with Crippen LogP contribution >= 0.6 is 0 Å². The highest BCUT2D eigenvalue weighted by Crippen LogP contribution is 2.34. The molecule has 1 saturated heterocycles. The van der Waals surface area contributed by atoms with Gasteiger partial charge in [-0.1, -0.05) is 0 Å². The number of benzene rings is 1. The predicted molar refractivity (Wildman–Crippen MR) is 69.0 cm³/mol. The Hall–Kier alpha value is -1.82. The van der Waals surface area contributed by atoms with Crippen LogP contribution in [-0.2, 0) is 0 Å². The fraction of sp³-hybridized carbons (Fsp3) is 0.500. The molecule has 2 N–H and O–H groups in total. The molecule has 0 spiro atoms. The van der Waals surface area contributed by atoms with Gasteiger partial charge in [-0.2, -0.15) is 0 Å². The molecule has 0 radical (unpaired) electrons. The van der Waals surface area contributed by atoms with E-state index in [2.05, 4.69) is 0 Å². The Bertz CT molecular complexity index is 450. The van der Waals surface area contributed by atoms with E-state index in [0.29, 0.717) is 23.9 Å². The summed E-state index contributed by atoms with van der Waals surface area (Å²) in [6.45, 7) is 2.22. The maximum absolute atomic E-state index is 11.1. The maximum atomic E-state index is 11.1. The van der Waals surface area contributed by atoms with Crippen LogP contribution in [-0.4, -0.2) is 31.7 Å². The first-order valence-corrected chi connectivity index (χ1v) is 5.93. The van der Waals surface area contributed by atoms with E-state index in [1.165, 1.54) is 13.2 Å². The minimum Gasteiger partial charge on any atom is -0.496 e. The van der Waals surface area contributed by atoms with Crippen LogP contribution in [0.2, 0.25) is 0 Å². The minimum atomic E-state index is -0.367. The molecule has 1 unspecified atom stereocenters. The molecule has 18 heavy (non-hydrogen) atoms. The molecule has 6 heteroatoms. The maximum Gasteiger partial charge on any atom is 0.296 e. The Balaban J connectivity index is 2.30. The van der Waals surface area contributed by atoms with Gasteiger partial charge in [-0.25, -0.2) is 0 Å². The SMILES string of the molecule is COc1ccc(N2CCC(CN)C2)c([N+](=O)[O-])c1. The van der Waals surface area contributed by atoms with E-state index in [1.807, 2.05) is 4.90 Å². The second kappa shape index (κ2) is 5.22. The van der Waals surface area contributed by atoms with Crippen molar-refractivity contribution in [2.24, 2.45) is 11.7 Å². The lowest BCUT2D eigenvalue weighted by atomic mass is 10.1. The summed E-state index contributed by atoms with van der Waals surface area (Å²) < 4.78 is 5.02. The Morgan fingerprint density at radius 1 is 1.61 bits per heavy atom. The lowest BCUT2D eigenvalue weighted by Crippen LogP contribution is -2.23. The van der Waals surface area contributed by atoms with Crippen LogP contribution in [0.4, 0.5) is 11.4 Å². The average Bonchev–Trinajstić information content (AvgIpc) is 2.86. The Morgan fingerprint density at radius 3 is 2.94 bits per heavy atom. The van der Waals surface area contributed by atoms with Gasteiger partial charge < -0.3 is 15.4 Å². The number of nitrogens with two attached hydrogens (primary N) is 1. The number of hydrogen-bond acceptors (Lipinski definition) is 5. The van der Waals surface area contributed by atoms with Gasteiger partial charge in [0, 0.05) is 13.1 Å². The van der Waals surface area contributed by atoms with Gasteiger partial charge in [-0.05, 0) is 31.0 Å². The van der Waals surface area contributed by atoms with Gasteiger partial charge >= 0.3 is 0 Å². The molecule has 0 aromatic heterocycles. The monoisotopic (exact) mass is 251 g/mol. The van der Waals surface area contributed by atoms with E-state index in [4.69, 9.17) is 10.5 Å². The van der Waals surface area contributed by atoms with Crippen molar-refractivity contribution < 1.29 is 9.66 Å². The zero-order valence-electron chi connectivity index (χ0n) is 10.3.